The van der Waals surface area contributed by atoms with Crippen molar-refractivity contribution in [1.82, 2.24) is 0 Å². The zero-order valence-electron chi connectivity index (χ0n) is 42.0. The van der Waals surface area contributed by atoms with Crippen LogP contribution >= 0.6 is 0 Å². The maximum atomic E-state index is 12.8. The van der Waals surface area contributed by atoms with Gasteiger partial charge in [-0.1, -0.05) is 220 Å². The third-order valence-corrected chi connectivity index (χ3v) is 10.9. The lowest BCUT2D eigenvalue weighted by atomic mass is 10.1. The molecule has 0 saturated carbocycles. The quantitative estimate of drug-likeness (QED) is 0.0199. The van der Waals surface area contributed by atoms with Crippen LogP contribution in [0.15, 0.2) is 109 Å². The van der Waals surface area contributed by atoms with E-state index in [4.69, 9.17) is 14.2 Å². The molecule has 0 aromatic carbocycles. The average Bonchev–Trinajstić information content (AvgIpc) is 3.30. The molecule has 0 spiro atoms. The second-order valence-corrected chi connectivity index (χ2v) is 17.1. The van der Waals surface area contributed by atoms with Gasteiger partial charge in [-0.15, -0.1) is 0 Å². The number of unbranched alkanes of at least 4 members (excludes halogenated alkanes) is 21. The van der Waals surface area contributed by atoms with E-state index in [1.54, 1.807) is 0 Å². The SMILES string of the molecule is CC/C=C/C=C/C=C/CCCCCCCC(=O)OCC(COC(=O)CCCCCCC/C=C/C=C/C=C/CCCCCCC)OC(=O)CCCCCCCC/C=C/C/C=C/C/C=C/CC. The first-order valence-electron chi connectivity index (χ1n) is 26.5. The molecule has 0 amide bonds. The third-order valence-electron chi connectivity index (χ3n) is 10.9. The van der Waals surface area contributed by atoms with Crippen LogP contribution in [-0.4, -0.2) is 37.2 Å². The Hall–Kier alpha value is -3.93. The van der Waals surface area contributed by atoms with E-state index in [-0.39, 0.29) is 31.1 Å². The van der Waals surface area contributed by atoms with E-state index in [0.29, 0.717) is 19.3 Å². The van der Waals surface area contributed by atoms with E-state index in [0.717, 1.165) is 141 Å². The van der Waals surface area contributed by atoms with Gasteiger partial charge in [0.05, 0.1) is 0 Å². The van der Waals surface area contributed by atoms with E-state index < -0.39 is 6.10 Å². The summed E-state index contributed by atoms with van der Waals surface area (Å²) in [6.07, 6.45) is 70.7. The molecule has 0 aromatic heterocycles. The van der Waals surface area contributed by atoms with Crippen LogP contribution in [0.25, 0.3) is 0 Å². The number of carbonyl (C=O) groups excluding carboxylic acids is 3. The van der Waals surface area contributed by atoms with Crippen LogP contribution in [0.4, 0.5) is 0 Å². The van der Waals surface area contributed by atoms with E-state index in [9.17, 15) is 14.4 Å². The zero-order chi connectivity index (χ0) is 47.2. The van der Waals surface area contributed by atoms with Crippen LogP contribution in [0.2, 0.25) is 0 Å². The van der Waals surface area contributed by atoms with Gasteiger partial charge >= 0.3 is 17.9 Å². The molecule has 0 rings (SSSR count). The topological polar surface area (TPSA) is 78.9 Å². The molecule has 0 bridgehead atoms. The third kappa shape index (κ3) is 50.9. The van der Waals surface area contributed by atoms with Gasteiger partial charge in [0.1, 0.15) is 13.2 Å². The number of hydrogen-bond donors (Lipinski definition) is 0. The van der Waals surface area contributed by atoms with Crippen molar-refractivity contribution in [3.05, 3.63) is 109 Å². The summed E-state index contributed by atoms with van der Waals surface area (Å²) in [7, 11) is 0. The normalized spacial score (nSPS) is 13.0. The molecule has 6 heteroatoms. The maximum absolute atomic E-state index is 12.8. The van der Waals surface area contributed by atoms with Gasteiger partial charge < -0.3 is 14.2 Å². The van der Waals surface area contributed by atoms with Gasteiger partial charge in [0, 0.05) is 19.3 Å². The molecule has 1 atom stereocenters. The first-order valence-corrected chi connectivity index (χ1v) is 26.5. The molecule has 368 valence electrons. The number of esters is 3. The molecule has 0 heterocycles. The van der Waals surface area contributed by atoms with Crippen molar-refractivity contribution in [1.29, 1.82) is 0 Å². The van der Waals surface area contributed by atoms with Crippen molar-refractivity contribution in [3.8, 4) is 0 Å². The van der Waals surface area contributed by atoms with Crippen LogP contribution < -0.4 is 0 Å². The Morgan fingerprint density at radius 3 is 1.11 bits per heavy atom. The Morgan fingerprint density at radius 1 is 0.338 bits per heavy atom. The summed E-state index contributed by atoms with van der Waals surface area (Å²) in [5.41, 5.74) is 0. The van der Waals surface area contributed by atoms with Crippen molar-refractivity contribution < 1.29 is 28.6 Å². The predicted octanol–water partition coefficient (Wildman–Crippen LogP) is 17.5. The molecule has 0 aromatic rings. The Kier molecular flexibility index (Phi) is 49.5. The Balaban J connectivity index is 4.48. The summed E-state index contributed by atoms with van der Waals surface area (Å²) in [5, 5.41) is 0. The number of allylic oxidation sites excluding steroid dienone is 18. The van der Waals surface area contributed by atoms with Crippen molar-refractivity contribution in [2.45, 2.75) is 232 Å². The van der Waals surface area contributed by atoms with Gasteiger partial charge in [0.2, 0.25) is 0 Å². The van der Waals surface area contributed by atoms with Gasteiger partial charge in [0.15, 0.2) is 6.10 Å². The van der Waals surface area contributed by atoms with Crippen molar-refractivity contribution in [3.63, 3.8) is 0 Å². The van der Waals surface area contributed by atoms with E-state index in [1.807, 2.05) is 0 Å². The van der Waals surface area contributed by atoms with E-state index in [2.05, 4.69) is 130 Å². The van der Waals surface area contributed by atoms with Crippen molar-refractivity contribution >= 4 is 17.9 Å². The summed E-state index contributed by atoms with van der Waals surface area (Å²) in [6, 6.07) is 0. The number of carbonyl (C=O) groups is 3. The Labute approximate surface area is 400 Å². The maximum Gasteiger partial charge on any atom is 0.306 e. The number of rotatable bonds is 46. The minimum atomic E-state index is -0.804. The second-order valence-electron chi connectivity index (χ2n) is 17.1. The van der Waals surface area contributed by atoms with Gasteiger partial charge in [-0.05, 0) is 96.3 Å². The molecule has 65 heavy (non-hydrogen) atoms. The highest BCUT2D eigenvalue weighted by molar-refractivity contribution is 5.71. The molecule has 0 aliphatic carbocycles. The molecular weight excluding hydrogens is 805 g/mol. The Morgan fingerprint density at radius 2 is 0.677 bits per heavy atom. The lowest BCUT2D eigenvalue weighted by molar-refractivity contribution is -0.167. The highest BCUT2D eigenvalue weighted by Crippen LogP contribution is 2.13. The second kappa shape index (κ2) is 52.7. The van der Waals surface area contributed by atoms with Crippen LogP contribution in [0.1, 0.15) is 226 Å². The van der Waals surface area contributed by atoms with Gasteiger partial charge in [-0.25, -0.2) is 0 Å². The molecule has 6 nitrogen and oxygen atoms in total. The summed E-state index contributed by atoms with van der Waals surface area (Å²) in [5.74, 6) is -0.959. The fourth-order valence-electron chi connectivity index (χ4n) is 6.93. The summed E-state index contributed by atoms with van der Waals surface area (Å²) >= 11 is 0. The summed E-state index contributed by atoms with van der Waals surface area (Å²) < 4.78 is 16.8. The lowest BCUT2D eigenvalue weighted by Gasteiger charge is -2.18. The molecule has 0 aliphatic heterocycles. The summed E-state index contributed by atoms with van der Waals surface area (Å²) in [6.45, 7) is 6.32. The van der Waals surface area contributed by atoms with Crippen LogP contribution in [0, 0.1) is 0 Å². The minimum absolute atomic E-state index is 0.103. The lowest BCUT2D eigenvalue weighted by Crippen LogP contribution is -2.30. The van der Waals surface area contributed by atoms with Gasteiger partial charge in [-0.3, -0.25) is 14.4 Å². The predicted molar refractivity (Wildman–Crippen MR) is 279 cm³/mol. The molecule has 0 aliphatic rings. The number of hydrogen-bond acceptors (Lipinski definition) is 6. The molecular formula is C59H96O6. The zero-order valence-corrected chi connectivity index (χ0v) is 42.0. The fourth-order valence-corrected chi connectivity index (χ4v) is 6.93. The molecule has 0 saturated heterocycles. The van der Waals surface area contributed by atoms with Crippen LogP contribution in [0.3, 0.4) is 0 Å². The van der Waals surface area contributed by atoms with Crippen LogP contribution in [0.5, 0.6) is 0 Å². The number of ether oxygens (including phenoxy) is 3. The highest BCUT2D eigenvalue weighted by Gasteiger charge is 2.19. The molecule has 0 radical (unpaired) electrons. The van der Waals surface area contributed by atoms with Gasteiger partial charge in [0.25, 0.3) is 0 Å². The van der Waals surface area contributed by atoms with E-state index in [1.165, 1.54) is 44.9 Å². The molecule has 0 fully saturated rings. The van der Waals surface area contributed by atoms with Crippen molar-refractivity contribution in [2.24, 2.45) is 0 Å². The smallest absolute Gasteiger partial charge is 0.306 e. The highest BCUT2D eigenvalue weighted by atomic mass is 16.6. The average molecular weight is 901 g/mol. The first-order chi connectivity index (χ1) is 32.0. The van der Waals surface area contributed by atoms with E-state index >= 15 is 0 Å². The van der Waals surface area contributed by atoms with Gasteiger partial charge in [-0.2, -0.15) is 0 Å². The summed E-state index contributed by atoms with van der Waals surface area (Å²) in [4.78, 5) is 38.0. The van der Waals surface area contributed by atoms with Crippen LogP contribution in [-0.2, 0) is 28.6 Å². The first kappa shape index (κ1) is 61.1. The largest absolute Gasteiger partial charge is 0.462 e. The standard InChI is InChI=1S/C59H96O6/c1-4-7-10-13-16-19-22-25-27-29-30-32-34-37-40-43-46-49-52-58(61)64-55-56(54-63-57(60)51-48-45-42-39-36-33-24-21-18-15-12-9-6-3)65-59(62)53-50-47-44-41-38-35-31-28-26-23-20-17-14-11-8-5-2/h8-9,11-12,15,17-18,20-22,24-30,32,56H,4-7,10,13-14,16,19,23,31,33-55H2,1-3H3/b11-8+,12-9+,18-15+,20-17+,24-21+,25-22+,28-26+,29-27+,32-30+. The Bertz CT molecular complexity index is 1360. The molecule has 1 unspecified atom stereocenters. The molecule has 0 N–H and O–H groups in total. The minimum Gasteiger partial charge on any atom is -0.462 e. The monoisotopic (exact) mass is 901 g/mol. The van der Waals surface area contributed by atoms with Crippen molar-refractivity contribution in [2.75, 3.05) is 13.2 Å². The fraction of sp³-hybridized carbons (Fsp3) is 0.644.